The maximum Gasteiger partial charge on any atom is 0.312 e. The highest BCUT2D eigenvalue weighted by Gasteiger charge is 2.22. The van der Waals surface area contributed by atoms with Crippen LogP contribution in [0.25, 0.3) is 0 Å². The molecule has 27 heavy (non-hydrogen) atoms. The number of nitrogens with zero attached hydrogens (tertiary/aromatic N) is 4. The number of hydrogen-bond donors (Lipinski definition) is 1. The van der Waals surface area contributed by atoms with Crippen molar-refractivity contribution in [2.45, 2.75) is 46.2 Å². The summed E-state index contributed by atoms with van der Waals surface area (Å²) in [6.45, 7) is 6.33. The summed E-state index contributed by atoms with van der Waals surface area (Å²) in [7, 11) is 0. The van der Waals surface area contributed by atoms with Crippen molar-refractivity contribution in [3.8, 4) is 0 Å². The molecule has 8 nitrogen and oxygen atoms in total. The van der Waals surface area contributed by atoms with E-state index in [9.17, 15) is 14.9 Å². The molecular formula is C19H25N5O3. The first-order valence-corrected chi connectivity index (χ1v) is 9.23. The highest BCUT2D eigenvalue weighted by Crippen LogP contribution is 2.22. The van der Waals surface area contributed by atoms with Crippen LogP contribution >= 0.6 is 0 Å². The lowest BCUT2D eigenvalue weighted by Crippen LogP contribution is -2.29. The Morgan fingerprint density at radius 3 is 2.44 bits per heavy atom. The maximum atomic E-state index is 12.3. The largest absolute Gasteiger partial charge is 0.324 e. The predicted octanol–water partition coefficient (Wildman–Crippen LogP) is 3.03. The Balaban J connectivity index is 1.58. The molecule has 1 aromatic carbocycles. The molecule has 0 spiro atoms. The van der Waals surface area contributed by atoms with Gasteiger partial charge in [-0.15, -0.1) is 0 Å². The van der Waals surface area contributed by atoms with Gasteiger partial charge >= 0.3 is 5.69 Å². The average molecular weight is 371 g/mol. The van der Waals surface area contributed by atoms with E-state index in [1.165, 1.54) is 29.5 Å². The number of benzene rings is 1. The van der Waals surface area contributed by atoms with E-state index in [0.717, 1.165) is 19.6 Å². The topological polar surface area (TPSA) is 93.3 Å². The summed E-state index contributed by atoms with van der Waals surface area (Å²) < 4.78 is 1.37. The Kier molecular flexibility index (Phi) is 5.85. The van der Waals surface area contributed by atoms with Crippen molar-refractivity contribution in [3.05, 3.63) is 51.3 Å². The number of likely N-dealkylation sites (tertiary alicyclic amines) is 1. The van der Waals surface area contributed by atoms with E-state index >= 15 is 0 Å². The van der Waals surface area contributed by atoms with Gasteiger partial charge in [0.15, 0.2) is 0 Å². The van der Waals surface area contributed by atoms with Gasteiger partial charge in [0, 0.05) is 12.2 Å². The molecule has 1 aromatic heterocycles. The van der Waals surface area contributed by atoms with Gasteiger partial charge in [-0.25, -0.2) is 0 Å². The molecule has 1 saturated heterocycles. The summed E-state index contributed by atoms with van der Waals surface area (Å²) in [5, 5.41) is 18.0. The quantitative estimate of drug-likeness (QED) is 0.622. The molecule has 1 amide bonds. The Bertz CT molecular complexity index is 823. The van der Waals surface area contributed by atoms with Gasteiger partial charge < -0.3 is 5.32 Å². The van der Waals surface area contributed by atoms with Crippen LogP contribution in [0.3, 0.4) is 0 Å². The molecule has 3 rings (SSSR count). The Labute approximate surface area is 158 Å². The molecular weight excluding hydrogens is 346 g/mol. The molecule has 0 saturated carbocycles. The summed E-state index contributed by atoms with van der Waals surface area (Å²) in [6.07, 6.45) is 3.84. The van der Waals surface area contributed by atoms with Crippen molar-refractivity contribution >= 4 is 17.3 Å². The Hall–Kier alpha value is -2.74. The highest BCUT2D eigenvalue weighted by molar-refractivity contribution is 5.90. The molecule has 1 N–H and O–H groups in total. The SMILES string of the molecule is Cc1nn(CC(=O)Nc2ccc(CN3CCCCC3)cc2)c(C)c1[N+](=O)[O-]. The lowest BCUT2D eigenvalue weighted by Gasteiger charge is -2.26. The normalized spacial score (nSPS) is 14.9. The molecule has 1 fully saturated rings. The maximum absolute atomic E-state index is 12.3. The number of aryl methyl sites for hydroxylation is 1. The molecule has 1 aliphatic rings. The van der Waals surface area contributed by atoms with E-state index in [-0.39, 0.29) is 18.1 Å². The zero-order chi connectivity index (χ0) is 19.4. The van der Waals surface area contributed by atoms with Gasteiger partial charge in [-0.3, -0.25) is 24.5 Å². The Morgan fingerprint density at radius 2 is 1.85 bits per heavy atom. The third-order valence-electron chi connectivity index (χ3n) is 4.91. The Morgan fingerprint density at radius 1 is 1.19 bits per heavy atom. The standard InChI is InChI=1S/C19H25N5O3/c1-14-19(24(26)27)15(2)23(21-14)13-18(25)20-17-8-6-16(7-9-17)12-22-10-4-3-5-11-22/h6-9H,3-5,10-13H2,1-2H3,(H,20,25). The fourth-order valence-corrected chi connectivity index (χ4v) is 3.51. The fraction of sp³-hybridized carbons (Fsp3) is 0.474. The summed E-state index contributed by atoms with van der Waals surface area (Å²) in [4.78, 5) is 25.3. The zero-order valence-electron chi connectivity index (χ0n) is 15.8. The molecule has 8 heteroatoms. The minimum Gasteiger partial charge on any atom is -0.324 e. The van der Waals surface area contributed by atoms with Crippen LogP contribution in [-0.2, 0) is 17.9 Å². The predicted molar refractivity (Wildman–Crippen MR) is 103 cm³/mol. The second-order valence-corrected chi connectivity index (χ2v) is 7.02. The number of piperidine rings is 1. The molecule has 0 aliphatic carbocycles. The van der Waals surface area contributed by atoms with Gasteiger partial charge in [-0.1, -0.05) is 18.6 Å². The molecule has 0 atom stereocenters. The van der Waals surface area contributed by atoms with Crippen LogP contribution in [-0.4, -0.2) is 38.6 Å². The van der Waals surface area contributed by atoms with E-state index in [0.29, 0.717) is 17.1 Å². The fourth-order valence-electron chi connectivity index (χ4n) is 3.51. The average Bonchev–Trinajstić information content (AvgIpc) is 2.91. The number of nitro groups is 1. The van der Waals surface area contributed by atoms with Gasteiger partial charge in [-0.2, -0.15) is 5.10 Å². The first-order chi connectivity index (χ1) is 12.9. The molecule has 0 unspecified atom stereocenters. The summed E-state index contributed by atoms with van der Waals surface area (Å²) >= 11 is 0. The second kappa shape index (κ2) is 8.30. The second-order valence-electron chi connectivity index (χ2n) is 7.02. The summed E-state index contributed by atoms with van der Waals surface area (Å²) in [5.74, 6) is -0.265. The van der Waals surface area contributed by atoms with Gasteiger partial charge in [0.05, 0.1) is 4.92 Å². The number of anilines is 1. The van der Waals surface area contributed by atoms with Crippen LogP contribution in [0.1, 0.15) is 36.2 Å². The molecule has 0 radical (unpaired) electrons. The van der Waals surface area contributed by atoms with Crippen molar-refractivity contribution in [1.29, 1.82) is 0 Å². The van der Waals surface area contributed by atoms with Crippen LogP contribution in [0.4, 0.5) is 11.4 Å². The number of amides is 1. The number of aromatic nitrogens is 2. The minimum atomic E-state index is -0.465. The van der Waals surface area contributed by atoms with Crippen molar-refractivity contribution in [2.24, 2.45) is 0 Å². The van der Waals surface area contributed by atoms with E-state index in [1.54, 1.807) is 13.8 Å². The monoisotopic (exact) mass is 371 g/mol. The molecule has 144 valence electrons. The highest BCUT2D eigenvalue weighted by atomic mass is 16.6. The first-order valence-electron chi connectivity index (χ1n) is 9.23. The molecule has 2 aromatic rings. The van der Waals surface area contributed by atoms with Crippen LogP contribution < -0.4 is 5.32 Å². The van der Waals surface area contributed by atoms with Gasteiger partial charge in [0.25, 0.3) is 0 Å². The lowest BCUT2D eigenvalue weighted by atomic mass is 10.1. The number of nitrogens with one attached hydrogen (secondary N) is 1. The summed E-state index contributed by atoms with van der Waals surface area (Å²) in [5.41, 5.74) is 2.59. The van der Waals surface area contributed by atoms with E-state index < -0.39 is 4.92 Å². The first kappa shape index (κ1) is 19.0. The van der Waals surface area contributed by atoms with E-state index in [4.69, 9.17) is 0 Å². The van der Waals surface area contributed by atoms with Gasteiger partial charge in [0.2, 0.25) is 5.91 Å². The van der Waals surface area contributed by atoms with Crippen LogP contribution in [0.5, 0.6) is 0 Å². The van der Waals surface area contributed by atoms with Gasteiger partial charge in [-0.05, 0) is 57.5 Å². The van der Waals surface area contributed by atoms with E-state index in [2.05, 4.69) is 15.3 Å². The molecule has 1 aliphatic heterocycles. The smallest absolute Gasteiger partial charge is 0.312 e. The molecule has 0 bridgehead atoms. The summed E-state index contributed by atoms with van der Waals surface area (Å²) in [6, 6.07) is 7.83. The third kappa shape index (κ3) is 4.71. The van der Waals surface area contributed by atoms with Crippen molar-refractivity contribution in [3.63, 3.8) is 0 Å². The zero-order valence-corrected chi connectivity index (χ0v) is 15.8. The minimum absolute atomic E-state index is 0.0372. The third-order valence-corrected chi connectivity index (χ3v) is 4.91. The number of carbonyl (C=O) groups is 1. The van der Waals surface area contributed by atoms with Crippen molar-refractivity contribution in [1.82, 2.24) is 14.7 Å². The number of rotatable bonds is 6. The number of hydrogen-bond acceptors (Lipinski definition) is 5. The number of carbonyl (C=O) groups excluding carboxylic acids is 1. The van der Waals surface area contributed by atoms with Crippen LogP contribution in [0.15, 0.2) is 24.3 Å². The van der Waals surface area contributed by atoms with Crippen molar-refractivity contribution < 1.29 is 9.72 Å². The van der Waals surface area contributed by atoms with Crippen LogP contribution in [0.2, 0.25) is 0 Å². The van der Waals surface area contributed by atoms with Crippen molar-refractivity contribution in [2.75, 3.05) is 18.4 Å². The van der Waals surface area contributed by atoms with Crippen LogP contribution in [0, 0.1) is 24.0 Å². The molecule has 2 heterocycles. The van der Waals surface area contributed by atoms with E-state index in [1.807, 2.05) is 24.3 Å². The lowest BCUT2D eigenvalue weighted by molar-refractivity contribution is -0.386. The van der Waals surface area contributed by atoms with Gasteiger partial charge in [0.1, 0.15) is 17.9 Å².